The topological polar surface area (TPSA) is 0 Å². The van der Waals surface area contributed by atoms with Crippen molar-refractivity contribution in [3.8, 4) is 0 Å². The Hall–Kier alpha value is 4.56. The molecule has 7 heteroatoms. The average Bonchev–Trinajstić information content (AvgIpc) is 0. The second kappa shape index (κ2) is 46.4. The molecule has 0 aliphatic heterocycles. The average molecular weight is 1140 g/mol. The minimum absolute atomic E-state index is 0. The van der Waals surface area contributed by atoms with Crippen molar-refractivity contribution in [2.45, 2.75) is 0 Å². The van der Waals surface area contributed by atoms with Gasteiger partial charge in [0.25, 0.3) is 0 Å². The van der Waals surface area contributed by atoms with Gasteiger partial charge in [-0.1, -0.05) is 0 Å². The van der Waals surface area contributed by atoms with E-state index in [1.165, 1.54) is 0 Å². The van der Waals surface area contributed by atoms with Crippen molar-refractivity contribution in [2.24, 2.45) is 0 Å². The fraction of sp³-hybridized carbons (Fsp3) is 0. The minimum Gasteiger partial charge on any atom is -0.153 e. The van der Waals surface area contributed by atoms with Crippen LogP contribution in [0.5, 0.6) is 0 Å². The minimum atomic E-state index is 0. The van der Waals surface area contributed by atoms with Gasteiger partial charge in [0.15, 0.2) is 0 Å². The first-order valence-electron chi connectivity index (χ1n) is 0. The summed E-state index contributed by atoms with van der Waals surface area (Å²) in [6, 6.07) is 0. The van der Waals surface area contributed by atoms with E-state index in [1.807, 2.05) is 0 Å². The van der Waals surface area contributed by atoms with E-state index in [1.54, 1.807) is 0 Å². The van der Waals surface area contributed by atoms with Gasteiger partial charge in [-0.25, -0.2) is 0 Å². The number of hydrogen-bond donors (Lipinski definition) is 0. The molecule has 0 fully saturated rings. The molecule has 44 valence electrons. The molecule has 7 heavy (non-hydrogen) atoms. The van der Waals surface area contributed by atoms with E-state index in [0.717, 1.165) is 0 Å². The molecule has 0 rings (SSSR count). The van der Waals surface area contributed by atoms with Crippen molar-refractivity contribution in [1.82, 2.24) is 0 Å². The molecule has 0 heterocycles. The maximum atomic E-state index is 0. The van der Waals surface area contributed by atoms with Crippen LogP contribution in [0, 0.1) is 0 Å². The van der Waals surface area contributed by atoms with Crippen LogP contribution in [0.4, 0.5) is 0 Å². The molecule has 1 atom stereocenters. The first-order chi connectivity index (χ1) is 0. The zero-order valence-corrected chi connectivity index (χ0v) is 22.2. The van der Waals surface area contributed by atoms with E-state index >= 15 is 0 Å². The van der Waals surface area contributed by atoms with Crippen molar-refractivity contribution in [3.63, 3.8) is 0 Å². The summed E-state index contributed by atoms with van der Waals surface area (Å²) in [5, 5.41) is 0. The van der Waals surface area contributed by atoms with Crippen molar-refractivity contribution in [1.29, 1.82) is 0 Å². The molecular weight excluding hydrogens is 1130 g/mol. The van der Waals surface area contributed by atoms with Crippen molar-refractivity contribution in [2.75, 3.05) is 0 Å². The van der Waals surface area contributed by atoms with Gasteiger partial charge < -0.3 is 0 Å². The zero-order valence-electron chi connectivity index (χ0n) is 3.16. The van der Waals surface area contributed by atoms with Gasteiger partial charge in [-0.15, -0.1) is 0 Å². The molecule has 0 aromatic rings. The van der Waals surface area contributed by atoms with Crippen LogP contribution in [0.2, 0.25) is 0 Å². The second-order valence-corrected chi connectivity index (χ2v) is 0. The molecule has 0 spiro atoms. The van der Waals surface area contributed by atoms with Crippen LogP contribution in [0.1, 0.15) is 0 Å². The molecule has 0 radical (unpaired) electrons. The summed E-state index contributed by atoms with van der Waals surface area (Å²) in [7, 11) is 0. The third kappa shape index (κ3) is 37.2. The molecule has 0 N–H and O–H groups in total. The molecule has 0 nitrogen and oxygen atoms in total. The first-order valence-corrected chi connectivity index (χ1v) is 0. The Balaban J connectivity index is 0. The van der Waals surface area contributed by atoms with Crippen molar-refractivity contribution in [3.05, 3.63) is 0 Å². The molecule has 0 saturated carbocycles. The van der Waals surface area contributed by atoms with Crippen LogP contribution in [-0.4, -0.2) is 0 Å². The Morgan fingerprint density at radius 3 is 0.286 bits per heavy atom. The second-order valence-electron chi connectivity index (χ2n) is 0. The summed E-state index contributed by atoms with van der Waals surface area (Å²) in [6.07, 6.45) is 0. The van der Waals surface area contributed by atoms with Gasteiger partial charge >= 0.3 is 0 Å². The van der Waals surface area contributed by atoms with Crippen LogP contribution >= 0.6 is 9.90 Å². The SMILES string of the molecule is P.[W].[W].[W].[W].[W].[W]. The number of hydrogen-bond acceptors (Lipinski definition) is 0. The standard InChI is InChI=1S/H3P.6W/h1H3;;;;;;. The molecular formula is H3PW6. The molecule has 0 aromatic heterocycles. The molecule has 0 aliphatic carbocycles. The Morgan fingerprint density at radius 1 is 0.286 bits per heavy atom. The molecule has 0 bridgehead atoms. The van der Waals surface area contributed by atoms with Gasteiger partial charge in [-0.3, -0.25) is 0 Å². The van der Waals surface area contributed by atoms with Crippen molar-refractivity contribution < 1.29 is 126 Å². The van der Waals surface area contributed by atoms with E-state index in [9.17, 15) is 0 Å². The van der Waals surface area contributed by atoms with E-state index in [-0.39, 0.29) is 136 Å². The van der Waals surface area contributed by atoms with Gasteiger partial charge in [0.05, 0.1) is 0 Å². The van der Waals surface area contributed by atoms with Gasteiger partial charge in [0, 0.05) is 126 Å². The van der Waals surface area contributed by atoms with E-state index in [0.29, 0.717) is 0 Å². The van der Waals surface area contributed by atoms with E-state index in [4.69, 9.17) is 0 Å². The molecule has 0 amide bonds. The van der Waals surface area contributed by atoms with Crippen LogP contribution in [-0.2, 0) is 126 Å². The summed E-state index contributed by atoms with van der Waals surface area (Å²) in [5.74, 6) is 0. The Morgan fingerprint density at radius 2 is 0.286 bits per heavy atom. The quantitative estimate of drug-likeness (QED) is 0.302. The monoisotopic (exact) mass is 1140 g/mol. The van der Waals surface area contributed by atoms with Gasteiger partial charge in [0.2, 0.25) is 0 Å². The van der Waals surface area contributed by atoms with Crippen LogP contribution in [0.25, 0.3) is 0 Å². The maximum absolute atomic E-state index is 0. The number of rotatable bonds is 0. The zero-order chi connectivity index (χ0) is 0. The van der Waals surface area contributed by atoms with Crippen LogP contribution < -0.4 is 0 Å². The fourth-order valence-electron chi connectivity index (χ4n) is 0. The molecule has 0 saturated heterocycles. The van der Waals surface area contributed by atoms with Crippen molar-refractivity contribution >= 4 is 9.90 Å². The summed E-state index contributed by atoms with van der Waals surface area (Å²) in [6.45, 7) is 0. The molecule has 0 aliphatic rings. The van der Waals surface area contributed by atoms with Gasteiger partial charge in [-0.2, -0.15) is 9.90 Å². The van der Waals surface area contributed by atoms with E-state index in [2.05, 4.69) is 0 Å². The van der Waals surface area contributed by atoms with Gasteiger partial charge in [0.1, 0.15) is 0 Å². The summed E-state index contributed by atoms with van der Waals surface area (Å²) >= 11 is 0. The van der Waals surface area contributed by atoms with Gasteiger partial charge in [-0.05, 0) is 0 Å². The molecule has 0 aromatic carbocycles. The smallest absolute Gasteiger partial charge is 0 e. The Kier molecular flexibility index (Phi) is 411. The Bertz CT molecular complexity index is 4.14. The predicted octanol–water partition coefficient (Wildman–Crippen LogP) is 0.0431. The molecule has 1 unspecified atom stereocenters. The maximum Gasteiger partial charge on any atom is 0 e. The normalized spacial score (nSPS) is 0. The first kappa shape index (κ1) is 62.0. The van der Waals surface area contributed by atoms with E-state index < -0.39 is 0 Å². The fourth-order valence-corrected chi connectivity index (χ4v) is 0. The van der Waals surface area contributed by atoms with Crippen LogP contribution in [0.15, 0.2) is 0 Å². The summed E-state index contributed by atoms with van der Waals surface area (Å²) in [4.78, 5) is 0. The summed E-state index contributed by atoms with van der Waals surface area (Å²) < 4.78 is 0. The predicted molar refractivity (Wildman–Crippen MR) is 11.1 cm³/mol. The third-order valence-electron chi connectivity index (χ3n) is 0. The third-order valence-corrected chi connectivity index (χ3v) is 0. The largest absolute Gasteiger partial charge is 0.153 e. The van der Waals surface area contributed by atoms with Crippen LogP contribution in [0.3, 0.4) is 0 Å². The Labute approximate surface area is 133 Å². The summed E-state index contributed by atoms with van der Waals surface area (Å²) in [5.41, 5.74) is 0.